The summed E-state index contributed by atoms with van der Waals surface area (Å²) < 4.78 is 0. The second-order valence-electron chi connectivity index (χ2n) is 4.91. The summed E-state index contributed by atoms with van der Waals surface area (Å²) >= 11 is 12.1. The molecule has 20 heavy (non-hydrogen) atoms. The summed E-state index contributed by atoms with van der Waals surface area (Å²) in [6.45, 7) is 4.09. The Labute approximate surface area is 126 Å². The van der Waals surface area contributed by atoms with Gasteiger partial charge >= 0.3 is 0 Å². The molecule has 0 aliphatic rings. The molecule has 0 spiro atoms. The molecule has 0 amide bonds. The highest BCUT2D eigenvalue weighted by molar-refractivity contribution is 6.37. The van der Waals surface area contributed by atoms with Crippen LogP contribution in [0.5, 0.6) is 0 Å². The quantitative estimate of drug-likeness (QED) is 0.638. The Balaban J connectivity index is 2.28. The van der Waals surface area contributed by atoms with Gasteiger partial charge in [-0.3, -0.25) is 0 Å². The summed E-state index contributed by atoms with van der Waals surface area (Å²) in [5.74, 6) is 0.676. The van der Waals surface area contributed by atoms with Crippen molar-refractivity contribution >= 4 is 39.9 Å². The van der Waals surface area contributed by atoms with Gasteiger partial charge in [-0.2, -0.15) is 0 Å². The Morgan fingerprint density at radius 1 is 1.10 bits per heavy atom. The van der Waals surface area contributed by atoms with Gasteiger partial charge in [-0.25, -0.2) is 4.98 Å². The number of fused-ring (bicyclic) bond motifs is 1. The van der Waals surface area contributed by atoms with Crippen molar-refractivity contribution in [3.8, 4) is 11.4 Å². The summed E-state index contributed by atoms with van der Waals surface area (Å²) in [5.41, 5.74) is 11.4. The van der Waals surface area contributed by atoms with Crippen LogP contribution in [0.15, 0.2) is 24.3 Å². The van der Waals surface area contributed by atoms with Gasteiger partial charge in [-0.1, -0.05) is 29.3 Å². The molecule has 3 aromatic rings. The van der Waals surface area contributed by atoms with Crippen LogP contribution in [0.25, 0.3) is 22.4 Å². The lowest BCUT2D eigenvalue weighted by molar-refractivity contribution is 1.33. The molecule has 0 aliphatic carbocycles. The SMILES string of the molecule is Cc1cc(C)c2nc(-c3cc(Cl)cc(Cl)c3N)[nH]c2c1. The molecule has 102 valence electrons. The van der Waals surface area contributed by atoms with Crippen molar-refractivity contribution < 1.29 is 0 Å². The minimum absolute atomic E-state index is 0.431. The van der Waals surface area contributed by atoms with Crippen LogP contribution in [0.3, 0.4) is 0 Å². The number of aromatic nitrogens is 2. The van der Waals surface area contributed by atoms with Gasteiger partial charge in [0, 0.05) is 10.6 Å². The number of anilines is 1. The number of rotatable bonds is 1. The third-order valence-electron chi connectivity index (χ3n) is 3.27. The third-order valence-corrected chi connectivity index (χ3v) is 3.80. The third kappa shape index (κ3) is 2.13. The summed E-state index contributed by atoms with van der Waals surface area (Å²) in [5, 5.41) is 0.966. The topological polar surface area (TPSA) is 54.7 Å². The highest BCUT2D eigenvalue weighted by Crippen LogP contribution is 2.34. The van der Waals surface area contributed by atoms with E-state index < -0.39 is 0 Å². The zero-order chi connectivity index (χ0) is 14.4. The number of nitrogens with zero attached hydrogens (tertiary/aromatic N) is 1. The molecule has 0 fully saturated rings. The van der Waals surface area contributed by atoms with Crippen LogP contribution in [0.4, 0.5) is 5.69 Å². The number of benzene rings is 2. The number of nitrogen functional groups attached to an aromatic ring is 1. The predicted octanol–water partition coefficient (Wildman–Crippen LogP) is 4.74. The molecule has 3 N–H and O–H groups in total. The molecule has 3 rings (SSSR count). The van der Waals surface area contributed by atoms with Crippen LogP contribution in [-0.4, -0.2) is 9.97 Å². The van der Waals surface area contributed by atoms with Crippen LogP contribution in [0.1, 0.15) is 11.1 Å². The molecule has 0 saturated heterocycles. The lowest BCUT2D eigenvalue weighted by atomic mass is 10.1. The van der Waals surface area contributed by atoms with E-state index in [0.29, 0.717) is 21.6 Å². The second-order valence-corrected chi connectivity index (χ2v) is 5.76. The molecule has 5 heteroatoms. The van der Waals surface area contributed by atoms with Gasteiger partial charge in [0.25, 0.3) is 0 Å². The van der Waals surface area contributed by atoms with Gasteiger partial charge in [0.05, 0.1) is 21.7 Å². The zero-order valence-corrected chi connectivity index (χ0v) is 12.6. The van der Waals surface area contributed by atoms with E-state index in [0.717, 1.165) is 22.2 Å². The van der Waals surface area contributed by atoms with E-state index in [4.69, 9.17) is 28.9 Å². The van der Waals surface area contributed by atoms with E-state index in [9.17, 15) is 0 Å². The molecule has 0 radical (unpaired) electrons. The first-order valence-corrected chi connectivity index (χ1v) is 6.93. The molecule has 3 nitrogen and oxygen atoms in total. The van der Waals surface area contributed by atoms with Crippen LogP contribution in [0.2, 0.25) is 10.0 Å². The van der Waals surface area contributed by atoms with E-state index in [1.165, 1.54) is 5.56 Å². The van der Waals surface area contributed by atoms with Crippen molar-refractivity contribution in [3.63, 3.8) is 0 Å². The fourth-order valence-corrected chi connectivity index (χ4v) is 2.87. The van der Waals surface area contributed by atoms with Crippen LogP contribution in [-0.2, 0) is 0 Å². The molecule has 2 aromatic carbocycles. The van der Waals surface area contributed by atoms with Crippen molar-refractivity contribution in [2.45, 2.75) is 13.8 Å². The first kappa shape index (κ1) is 13.3. The predicted molar refractivity (Wildman–Crippen MR) is 85.4 cm³/mol. The molecule has 0 aliphatic heterocycles. The molecule has 0 saturated carbocycles. The number of hydrogen-bond donors (Lipinski definition) is 2. The molecule has 1 heterocycles. The van der Waals surface area contributed by atoms with Gasteiger partial charge < -0.3 is 10.7 Å². The van der Waals surface area contributed by atoms with E-state index in [-0.39, 0.29) is 0 Å². The minimum Gasteiger partial charge on any atom is -0.397 e. The normalized spacial score (nSPS) is 11.2. The van der Waals surface area contributed by atoms with Gasteiger partial charge in [0.2, 0.25) is 0 Å². The van der Waals surface area contributed by atoms with Crippen LogP contribution >= 0.6 is 23.2 Å². The lowest BCUT2D eigenvalue weighted by Crippen LogP contribution is -1.92. The monoisotopic (exact) mass is 305 g/mol. The standard InChI is InChI=1S/C15H13Cl2N3/c1-7-3-8(2)14-12(4-7)19-15(20-14)10-5-9(16)6-11(17)13(10)18/h3-6H,18H2,1-2H3,(H,19,20). The van der Waals surface area contributed by atoms with Crippen molar-refractivity contribution in [1.82, 2.24) is 9.97 Å². The molecule has 0 bridgehead atoms. The smallest absolute Gasteiger partial charge is 0.140 e. The average Bonchev–Trinajstić information content (AvgIpc) is 2.77. The Hall–Kier alpha value is -1.71. The maximum Gasteiger partial charge on any atom is 0.140 e. The Morgan fingerprint density at radius 2 is 1.85 bits per heavy atom. The number of aromatic amines is 1. The number of halogens is 2. The number of imidazole rings is 1. The van der Waals surface area contributed by atoms with Gasteiger partial charge in [0.15, 0.2) is 0 Å². The van der Waals surface area contributed by atoms with E-state index in [1.54, 1.807) is 12.1 Å². The molecule has 0 atom stereocenters. The summed E-state index contributed by atoms with van der Waals surface area (Å²) in [4.78, 5) is 7.89. The second kappa shape index (κ2) is 4.69. The highest BCUT2D eigenvalue weighted by Gasteiger charge is 2.13. The van der Waals surface area contributed by atoms with Gasteiger partial charge in [-0.15, -0.1) is 0 Å². The first-order valence-electron chi connectivity index (χ1n) is 6.17. The molecular formula is C15H13Cl2N3. The number of aryl methyl sites for hydroxylation is 2. The van der Waals surface area contributed by atoms with E-state index in [1.807, 2.05) is 6.92 Å². The summed E-state index contributed by atoms with van der Waals surface area (Å²) in [7, 11) is 0. The van der Waals surface area contributed by atoms with Crippen molar-refractivity contribution in [2.75, 3.05) is 5.73 Å². The summed E-state index contributed by atoms with van der Waals surface area (Å²) in [6, 6.07) is 7.55. The Kier molecular flexibility index (Phi) is 3.11. The maximum atomic E-state index is 6.07. The number of hydrogen-bond acceptors (Lipinski definition) is 2. The lowest BCUT2D eigenvalue weighted by Gasteiger charge is -2.05. The number of nitrogens with one attached hydrogen (secondary N) is 1. The van der Waals surface area contributed by atoms with Crippen molar-refractivity contribution in [2.24, 2.45) is 0 Å². The molecular weight excluding hydrogens is 293 g/mol. The molecule has 0 unspecified atom stereocenters. The Morgan fingerprint density at radius 3 is 2.60 bits per heavy atom. The average molecular weight is 306 g/mol. The van der Waals surface area contributed by atoms with Crippen molar-refractivity contribution in [1.29, 1.82) is 0 Å². The zero-order valence-electron chi connectivity index (χ0n) is 11.1. The highest BCUT2D eigenvalue weighted by atomic mass is 35.5. The van der Waals surface area contributed by atoms with E-state index >= 15 is 0 Å². The maximum absolute atomic E-state index is 6.07. The first-order chi connectivity index (χ1) is 9.45. The molecule has 1 aromatic heterocycles. The number of nitrogens with two attached hydrogens (primary N) is 1. The van der Waals surface area contributed by atoms with Gasteiger partial charge in [0.1, 0.15) is 5.82 Å². The van der Waals surface area contributed by atoms with Crippen LogP contribution in [0, 0.1) is 13.8 Å². The fraction of sp³-hybridized carbons (Fsp3) is 0.133. The largest absolute Gasteiger partial charge is 0.397 e. The fourth-order valence-electron chi connectivity index (χ4n) is 2.38. The number of H-pyrrole nitrogens is 1. The minimum atomic E-state index is 0.431. The van der Waals surface area contributed by atoms with Crippen molar-refractivity contribution in [3.05, 3.63) is 45.4 Å². The Bertz CT molecular complexity index is 822. The van der Waals surface area contributed by atoms with E-state index in [2.05, 4.69) is 29.0 Å². The van der Waals surface area contributed by atoms with Gasteiger partial charge in [-0.05, 0) is 43.2 Å². The van der Waals surface area contributed by atoms with Crippen LogP contribution < -0.4 is 5.73 Å². The summed E-state index contributed by atoms with van der Waals surface area (Å²) in [6.07, 6.45) is 0.